The molecule has 0 heterocycles. The molecule has 0 amide bonds. The van der Waals surface area contributed by atoms with E-state index in [0.717, 1.165) is 28.2 Å². The molecule has 1 fully saturated rings. The number of rotatable bonds is 4. The van der Waals surface area contributed by atoms with Crippen LogP contribution in [0.15, 0.2) is 22.7 Å². The van der Waals surface area contributed by atoms with Crippen molar-refractivity contribution in [3.05, 3.63) is 28.2 Å². The van der Waals surface area contributed by atoms with Crippen molar-refractivity contribution in [1.82, 2.24) is 0 Å². The van der Waals surface area contributed by atoms with E-state index in [4.69, 9.17) is 11.1 Å². The maximum atomic E-state index is 7.38. The number of nitrogens with two attached hydrogens (primary N) is 1. The van der Waals surface area contributed by atoms with Gasteiger partial charge in [-0.1, -0.05) is 0 Å². The molecule has 16 heavy (non-hydrogen) atoms. The fourth-order valence-electron chi connectivity index (χ4n) is 1.77. The molecule has 0 atom stereocenters. The molecule has 4 heteroatoms. The SMILES string of the molecule is CN(CC1CC1)c1ccc(C(=N)N)cc1Br. The van der Waals surface area contributed by atoms with E-state index in [1.165, 1.54) is 12.8 Å². The summed E-state index contributed by atoms with van der Waals surface area (Å²) < 4.78 is 1.00. The number of amidine groups is 1. The Kier molecular flexibility index (Phi) is 3.19. The van der Waals surface area contributed by atoms with Gasteiger partial charge in [0.15, 0.2) is 0 Å². The van der Waals surface area contributed by atoms with Crippen LogP contribution in [-0.4, -0.2) is 19.4 Å². The van der Waals surface area contributed by atoms with Crippen LogP contribution in [0.2, 0.25) is 0 Å². The Bertz CT molecular complexity index is 413. The van der Waals surface area contributed by atoms with Crippen molar-refractivity contribution in [2.75, 3.05) is 18.5 Å². The highest BCUT2D eigenvalue weighted by Gasteiger charge is 2.23. The number of halogens is 1. The number of nitrogens with one attached hydrogen (secondary N) is 1. The average molecular weight is 282 g/mol. The van der Waals surface area contributed by atoms with Gasteiger partial charge in [0.1, 0.15) is 5.84 Å². The van der Waals surface area contributed by atoms with Crippen LogP contribution in [-0.2, 0) is 0 Å². The Morgan fingerprint density at radius 1 is 1.56 bits per heavy atom. The van der Waals surface area contributed by atoms with E-state index in [2.05, 4.69) is 27.9 Å². The predicted molar refractivity (Wildman–Crippen MR) is 71.2 cm³/mol. The number of nitrogens with zero attached hydrogens (tertiary/aromatic N) is 1. The first kappa shape index (κ1) is 11.5. The lowest BCUT2D eigenvalue weighted by Gasteiger charge is -2.21. The quantitative estimate of drug-likeness (QED) is 0.658. The number of nitrogen functional groups attached to an aromatic ring is 1. The molecule has 86 valence electrons. The van der Waals surface area contributed by atoms with E-state index in [0.29, 0.717) is 0 Å². The van der Waals surface area contributed by atoms with Gasteiger partial charge < -0.3 is 10.6 Å². The normalized spacial score (nSPS) is 14.9. The Hall–Kier alpha value is -1.03. The predicted octanol–water partition coefficient (Wildman–Crippen LogP) is 2.58. The summed E-state index contributed by atoms with van der Waals surface area (Å²) in [7, 11) is 2.10. The molecule has 0 saturated heterocycles. The van der Waals surface area contributed by atoms with Gasteiger partial charge in [0.05, 0.1) is 5.69 Å². The number of hydrogen-bond acceptors (Lipinski definition) is 2. The lowest BCUT2D eigenvalue weighted by Crippen LogP contribution is -2.20. The van der Waals surface area contributed by atoms with Gasteiger partial charge in [-0.2, -0.15) is 0 Å². The highest BCUT2D eigenvalue weighted by molar-refractivity contribution is 9.10. The minimum atomic E-state index is 0.108. The lowest BCUT2D eigenvalue weighted by atomic mass is 10.2. The molecule has 1 aliphatic carbocycles. The molecule has 1 aromatic carbocycles. The van der Waals surface area contributed by atoms with Gasteiger partial charge in [-0.05, 0) is 52.9 Å². The van der Waals surface area contributed by atoms with Crippen LogP contribution < -0.4 is 10.6 Å². The third-order valence-electron chi connectivity index (χ3n) is 2.90. The van der Waals surface area contributed by atoms with Crippen molar-refractivity contribution in [2.24, 2.45) is 11.7 Å². The summed E-state index contributed by atoms with van der Waals surface area (Å²) in [6.45, 7) is 1.11. The van der Waals surface area contributed by atoms with Crippen molar-refractivity contribution >= 4 is 27.5 Å². The molecule has 0 spiro atoms. The minimum Gasteiger partial charge on any atom is -0.384 e. The summed E-state index contributed by atoms with van der Waals surface area (Å²) in [5, 5.41) is 7.38. The van der Waals surface area contributed by atoms with Crippen molar-refractivity contribution in [3.8, 4) is 0 Å². The Morgan fingerprint density at radius 2 is 2.25 bits per heavy atom. The molecule has 0 aliphatic heterocycles. The highest BCUT2D eigenvalue weighted by atomic mass is 79.9. The van der Waals surface area contributed by atoms with E-state index in [1.807, 2.05) is 18.2 Å². The lowest BCUT2D eigenvalue weighted by molar-refractivity contribution is 0.786. The number of anilines is 1. The minimum absolute atomic E-state index is 0.108. The zero-order chi connectivity index (χ0) is 11.7. The van der Waals surface area contributed by atoms with Crippen LogP contribution in [0.4, 0.5) is 5.69 Å². The third-order valence-corrected chi connectivity index (χ3v) is 3.53. The van der Waals surface area contributed by atoms with Gasteiger partial charge in [0, 0.05) is 23.6 Å². The fraction of sp³-hybridized carbons (Fsp3) is 0.417. The molecule has 0 bridgehead atoms. The summed E-state index contributed by atoms with van der Waals surface area (Å²) in [6.07, 6.45) is 2.71. The molecule has 2 rings (SSSR count). The van der Waals surface area contributed by atoms with Crippen LogP contribution in [0, 0.1) is 11.3 Å². The molecule has 3 nitrogen and oxygen atoms in total. The summed E-state index contributed by atoms with van der Waals surface area (Å²) in [4.78, 5) is 2.26. The zero-order valence-corrected chi connectivity index (χ0v) is 10.9. The van der Waals surface area contributed by atoms with E-state index in [9.17, 15) is 0 Å². The first-order valence-corrected chi connectivity index (χ1v) is 6.22. The van der Waals surface area contributed by atoms with Crippen LogP contribution in [0.3, 0.4) is 0 Å². The van der Waals surface area contributed by atoms with Crippen LogP contribution in [0.25, 0.3) is 0 Å². The van der Waals surface area contributed by atoms with Crippen molar-refractivity contribution in [2.45, 2.75) is 12.8 Å². The summed E-state index contributed by atoms with van der Waals surface area (Å²) in [6, 6.07) is 5.82. The van der Waals surface area contributed by atoms with Crippen molar-refractivity contribution in [3.63, 3.8) is 0 Å². The second kappa shape index (κ2) is 4.45. The smallest absolute Gasteiger partial charge is 0.122 e. The van der Waals surface area contributed by atoms with Gasteiger partial charge >= 0.3 is 0 Å². The Morgan fingerprint density at radius 3 is 2.75 bits per heavy atom. The van der Waals surface area contributed by atoms with Gasteiger partial charge in [-0.25, -0.2) is 0 Å². The third kappa shape index (κ3) is 2.55. The Labute approximate surface area is 104 Å². The maximum Gasteiger partial charge on any atom is 0.122 e. The molecular weight excluding hydrogens is 266 g/mol. The molecule has 0 aromatic heterocycles. The van der Waals surface area contributed by atoms with Crippen LogP contribution in [0.5, 0.6) is 0 Å². The molecule has 0 unspecified atom stereocenters. The first-order chi connectivity index (χ1) is 7.58. The monoisotopic (exact) mass is 281 g/mol. The highest BCUT2D eigenvalue weighted by Crippen LogP contribution is 2.33. The summed E-state index contributed by atoms with van der Waals surface area (Å²) in [5.74, 6) is 0.974. The van der Waals surface area contributed by atoms with Crippen molar-refractivity contribution < 1.29 is 0 Å². The molecule has 1 aromatic rings. The Balaban J connectivity index is 2.17. The summed E-state index contributed by atoms with van der Waals surface area (Å²) >= 11 is 3.53. The van der Waals surface area contributed by atoms with Gasteiger partial charge in [0.2, 0.25) is 0 Å². The summed E-state index contributed by atoms with van der Waals surface area (Å²) in [5.41, 5.74) is 7.37. The van der Waals surface area contributed by atoms with E-state index >= 15 is 0 Å². The van der Waals surface area contributed by atoms with Crippen molar-refractivity contribution in [1.29, 1.82) is 5.41 Å². The second-order valence-corrected chi connectivity index (χ2v) is 5.26. The molecule has 1 saturated carbocycles. The molecule has 1 aliphatic rings. The van der Waals surface area contributed by atoms with E-state index in [1.54, 1.807) is 0 Å². The van der Waals surface area contributed by atoms with E-state index < -0.39 is 0 Å². The largest absolute Gasteiger partial charge is 0.384 e. The topological polar surface area (TPSA) is 53.1 Å². The fourth-order valence-corrected chi connectivity index (χ4v) is 2.45. The average Bonchev–Trinajstić information content (AvgIpc) is 3.01. The molecular formula is C12H16BrN3. The van der Waals surface area contributed by atoms with Crippen LogP contribution in [0.1, 0.15) is 18.4 Å². The first-order valence-electron chi connectivity index (χ1n) is 5.43. The van der Waals surface area contributed by atoms with Gasteiger partial charge in [-0.15, -0.1) is 0 Å². The standard InChI is InChI=1S/C12H16BrN3/c1-16(7-8-2-3-8)11-5-4-9(12(14)15)6-10(11)13/h4-6,8H,2-3,7H2,1H3,(H3,14,15). The number of hydrogen-bond donors (Lipinski definition) is 2. The molecule has 0 radical (unpaired) electrons. The zero-order valence-electron chi connectivity index (χ0n) is 9.33. The second-order valence-electron chi connectivity index (χ2n) is 4.40. The molecule has 3 N–H and O–H groups in total. The van der Waals surface area contributed by atoms with Crippen LogP contribution >= 0.6 is 15.9 Å². The van der Waals surface area contributed by atoms with Gasteiger partial charge in [0.25, 0.3) is 0 Å². The van der Waals surface area contributed by atoms with Gasteiger partial charge in [-0.3, -0.25) is 5.41 Å². The maximum absolute atomic E-state index is 7.38. The number of benzene rings is 1. The van der Waals surface area contributed by atoms with E-state index in [-0.39, 0.29) is 5.84 Å².